The number of hydrogen-bond donors (Lipinski definition) is 1. The van der Waals surface area contributed by atoms with E-state index >= 15 is 0 Å². The van der Waals surface area contributed by atoms with E-state index in [1.54, 1.807) is 19.1 Å². The van der Waals surface area contributed by atoms with Crippen LogP contribution in [0.15, 0.2) is 23.8 Å². The standard InChI is InChI=1S/C11H13O2/c1-7-6-9(12)4-5-11(7)8(2)10(11,3)13/h4-6,8,13H,2H2,1,3H3/q+1/t8?,10-,11-/m0/s1. The Balaban J connectivity index is 2.44. The third kappa shape index (κ3) is 0.767. The fourth-order valence-electron chi connectivity index (χ4n) is 2.41. The maximum atomic E-state index is 11.0. The van der Waals surface area contributed by atoms with E-state index in [2.05, 4.69) is 6.92 Å². The van der Waals surface area contributed by atoms with Gasteiger partial charge in [-0.05, 0) is 26.0 Å². The van der Waals surface area contributed by atoms with Crippen LogP contribution < -0.4 is 0 Å². The van der Waals surface area contributed by atoms with Crippen molar-refractivity contribution in [1.29, 1.82) is 0 Å². The van der Waals surface area contributed by atoms with Gasteiger partial charge in [-0.3, -0.25) is 4.79 Å². The Labute approximate surface area is 78.0 Å². The molecule has 0 saturated heterocycles. The molecule has 68 valence electrons. The highest BCUT2D eigenvalue weighted by Crippen LogP contribution is 2.67. The highest BCUT2D eigenvalue weighted by Gasteiger charge is 2.76. The van der Waals surface area contributed by atoms with Gasteiger partial charge in [0.1, 0.15) is 11.5 Å². The van der Waals surface area contributed by atoms with E-state index in [-0.39, 0.29) is 17.1 Å². The third-order valence-corrected chi connectivity index (χ3v) is 3.50. The molecule has 0 aliphatic heterocycles. The lowest BCUT2D eigenvalue weighted by molar-refractivity contribution is -0.110. The molecule has 0 aromatic heterocycles. The molecule has 0 aromatic carbocycles. The minimum Gasteiger partial charge on any atom is -0.384 e. The second-order valence-electron chi connectivity index (χ2n) is 4.13. The van der Waals surface area contributed by atoms with Crippen LogP contribution in [-0.4, -0.2) is 16.5 Å². The van der Waals surface area contributed by atoms with Crippen molar-refractivity contribution in [3.63, 3.8) is 0 Å². The first-order valence-corrected chi connectivity index (χ1v) is 4.40. The Morgan fingerprint density at radius 3 is 2.54 bits per heavy atom. The lowest BCUT2D eigenvalue weighted by Crippen LogP contribution is -2.18. The summed E-state index contributed by atoms with van der Waals surface area (Å²) < 4.78 is 0. The molecule has 1 saturated carbocycles. The van der Waals surface area contributed by atoms with Gasteiger partial charge in [-0.1, -0.05) is 11.6 Å². The van der Waals surface area contributed by atoms with Crippen LogP contribution in [0.2, 0.25) is 0 Å². The quantitative estimate of drug-likeness (QED) is 0.566. The van der Waals surface area contributed by atoms with Crippen molar-refractivity contribution >= 4 is 5.78 Å². The second kappa shape index (κ2) is 2.07. The van der Waals surface area contributed by atoms with Crippen molar-refractivity contribution in [3.8, 4) is 0 Å². The SMILES string of the molecule is [CH2+]C1[C@](C)(O)[C@]12C=CC(=O)C=C2C. The first-order valence-electron chi connectivity index (χ1n) is 4.40. The summed E-state index contributed by atoms with van der Waals surface area (Å²) in [7, 11) is 0. The molecule has 0 heterocycles. The van der Waals surface area contributed by atoms with Gasteiger partial charge in [0.05, 0.1) is 12.3 Å². The number of ketones is 1. The van der Waals surface area contributed by atoms with Gasteiger partial charge in [-0.2, -0.15) is 0 Å². The molecule has 2 aliphatic carbocycles. The second-order valence-corrected chi connectivity index (χ2v) is 4.13. The van der Waals surface area contributed by atoms with Crippen LogP contribution in [0.3, 0.4) is 0 Å². The predicted molar refractivity (Wildman–Crippen MR) is 49.8 cm³/mol. The number of carbonyl (C=O) groups excluding carboxylic acids is 1. The summed E-state index contributed by atoms with van der Waals surface area (Å²) in [4.78, 5) is 11.0. The number of allylic oxidation sites excluding steroid dienone is 2. The van der Waals surface area contributed by atoms with Crippen LogP contribution in [0.4, 0.5) is 0 Å². The average molecular weight is 177 g/mol. The maximum absolute atomic E-state index is 11.0. The van der Waals surface area contributed by atoms with E-state index in [9.17, 15) is 9.90 Å². The lowest BCUT2D eigenvalue weighted by atomic mass is 9.87. The Morgan fingerprint density at radius 1 is 1.62 bits per heavy atom. The van der Waals surface area contributed by atoms with E-state index in [4.69, 9.17) is 0 Å². The van der Waals surface area contributed by atoms with Crippen molar-refractivity contribution in [3.05, 3.63) is 30.7 Å². The molecule has 2 heteroatoms. The zero-order chi connectivity index (χ0) is 9.85. The van der Waals surface area contributed by atoms with Crippen LogP contribution in [-0.2, 0) is 4.79 Å². The highest BCUT2D eigenvalue weighted by molar-refractivity contribution is 6.01. The monoisotopic (exact) mass is 177 g/mol. The summed E-state index contributed by atoms with van der Waals surface area (Å²) >= 11 is 0. The van der Waals surface area contributed by atoms with E-state index in [0.29, 0.717) is 0 Å². The molecule has 0 amide bonds. The van der Waals surface area contributed by atoms with E-state index in [1.807, 2.05) is 6.92 Å². The van der Waals surface area contributed by atoms with Gasteiger partial charge in [0.25, 0.3) is 0 Å². The molecule has 1 spiro atoms. The first kappa shape index (κ1) is 8.57. The van der Waals surface area contributed by atoms with E-state index in [1.165, 1.54) is 6.08 Å². The lowest BCUT2D eigenvalue weighted by Gasteiger charge is -2.16. The molecule has 0 bridgehead atoms. The molecule has 3 atom stereocenters. The number of aliphatic hydroxyl groups is 1. The zero-order valence-electron chi connectivity index (χ0n) is 7.87. The highest BCUT2D eigenvalue weighted by atomic mass is 16.3. The van der Waals surface area contributed by atoms with Gasteiger partial charge in [0, 0.05) is 0 Å². The number of hydrogen-bond acceptors (Lipinski definition) is 2. The summed E-state index contributed by atoms with van der Waals surface area (Å²) in [6, 6.07) is 0. The fraction of sp³-hybridized carbons (Fsp3) is 0.455. The first-order chi connectivity index (χ1) is 5.93. The average Bonchev–Trinajstić information content (AvgIpc) is 2.44. The van der Waals surface area contributed by atoms with Crippen LogP contribution >= 0.6 is 0 Å². The Morgan fingerprint density at radius 2 is 2.15 bits per heavy atom. The minimum absolute atomic E-state index is 0.00183. The molecule has 0 aromatic rings. The molecule has 2 nitrogen and oxygen atoms in total. The van der Waals surface area contributed by atoms with Crippen molar-refractivity contribution in [2.24, 2.45) is 11.3 Å². The van der Waals surface area contributed by atoms with Gasteiger partial charge in [0.2, 0.25) is 0 Å². The molecule has 1 N–H and O–H groups in total. The van der Waals surface area contributed by atoms with Gasteiger partial charge in [-0.15, -0.1) is 0 Å². The van der Waals surface area contributed by atoms with Gasteiger partial charge in [0.15, 0.2) is 5.78 Å². The van der Waals surface area contributed by atoms with Crippen LogP contribution in [0.25, 0.3) is 0 Å². The summed E-state index contributed by atoms with van der Waals surface area (Å²) in [5.41, 5.74) is -0.240. The van der Waals surface area contributed by atoms with Gasteiger partial charge >= 0.3 is 0 Å². The van der Waals surface area contributed by atoms with Crippen LogP contribution in [0.5, 0.6) is 0 Å². The van der Waals surface area contributed by atoms with Gasteiger partial charge < -0.3 is 5.11 Å². The molecule has 1 unspecified atom stereocenters. The van der Waals surface area contributed by atoms with Crippen molar-refractivity contribution in [2.45, 2.75) is 19.4 Å². The number of rotatable bonds is 0. The molecule has 2 rings (SSSR count). The maximum Gasteiger partial charge on any atom is 0.178 e. The molecular weight excluding hydrogens is 164 g/mol. The Bertz CT molecular complexity index is 336. The molecule has 2 aliphatic rings. The Kier molecular flexibility index (Phi) is 1.37. The molecular formula is C11H13O2+. The Hall–Kier alpha value is -1.02. The van der Waals surface area contributed by atoms with Crippen molar-refractivity contribution in [2.75, 3.05) is 0 Å². The third-order valence-electron chi connectivity index (χ3n) is 3.50. The molecule has 0 radical (unpaired) electrons. The normalized spacial score (nSPS) is 48.1. The van der Waals surface area contributed by atoms with Crippen molar-refractivity contribution in [1.82, 2.24) is 0 Å². The summed E-state index contributed by atoms with van der Waals surface area (Å²) in [6.07, 6.45) is 4.90. The van der Waals surface area contributed by atoms with Crippen LogP contribution in [0.1, 0.15) is 13.8 Å². The number of carbonyl (C=O) groups is 1. The smallest absolute Gasteiger partial charge is 0.178 e. The van der Waals surface area contributed by atoms with Gasteiger partial charge in [-0.25, -0.2) is 0 Å². The van der Waals surface area contributed by atoms with E-state index < -0.39 is 5.60 Å². The largest absolute Gasteiger partial charge is 0.384 e. The van der Waals surface area contributed by atoms with E-state index in [0.717, 1.165) is 5.57 Å². The zero-order valence-corrected chi connectivity index (χ0v) is 7.87. The fourth-order valence-corrected chi connectivity index (χ4v) is 2.41. The summed E-state index contributed by atoms with van der Waals surface area (Å²) in [6.45, 7) is 7.54. The molecule has 13 heavy (non-hydrogen) atoms. The predicted octanol–water partition coefficient (Wildman–Crippen LogP) is 1.27. The topological polar surface area (TPSA) is 37.3 Å². The summed E-state index contributed by atoms with van der Waals surface area (Å²) in [5, 5.41) is 9.97. The minimum atomic E-state index is -0.787. The molecule has 1 fully saturated rings. The van der Waals surface area contributed by atoms with Crippen molar-refractivity contribution < 1.29 is 9.90 Å². The summed E-state index contributed by atoms with van der Waals surface area (Å²) in [5.74, 6) is -0.0429. The van der Waals surface area contributed by atoms with Crippen LogP contribution in [0, 0.1) is 18.3 Å².